The van der Waals surface area contributed by atoms with Crippen LogP contribution in [0.2, 0.25) is 0 Å². The molecular formula is C31H29N3. The lowest BCUT2D eigenvalue weighted by Crippen LogP contribution is -1.98. The van der Waals surface area contributed by atoms with Gasteiger partial charge >= 0.3 is 0 Å². The smallest absolute Gasteiger partial charge is 0.0950 e. The second-order valence-corrected chi connectivity index (χ2v) is 8.09. The van der Waals surface area contributed by atoms with Crippen LogP contribution in [0, 0.1) is 5.92 Å². The van der Waals surface area contributed by atoms with Crippen LogP contribution in [0.4, 0.5) is 0 Å². The predicted molar refractivity (Wildman–Crippen MR) is 147 cm³/mol. The topological polar surface area (TPSA) is 50.7 Å². The zero-order valence-corrected chi connectivity index (χ0v) is 19.2. The molecule has 2 atom stereocenters. The number of aliphatic imine (C=N–C) groups is 2. The predicted octanol–water partition coefficient (Wildman–Crippen LogP) is 7.36. The van der Waals surface area contributed by atoms with E-state index in [1.165, 1.54) is 28.2 Å². The minimum atomic E-state index is -0.172. The summed E-state index contributed by atoms with van der Waals surface area (Å²) < 4.78 is 0. The van der Waals surface area contributed by atoms with Crippen molar-refractivity contribution in [3.8, 4) is 11.1 Å². The van der Waals surface area contributed by atoms with Gasteiger partial charge < -0.3 is 5.73 Å². The maximum atomic E-state index is 5.66. The summed E-state index contributed by atoms with van der Waals surface area (Å²) in [5, 5.41) is 2.49. The van der Waals surface area contributed by atoms with E-state index in [0.29, 0.717) is 5.92 Å². The molecule has 3 nitrogen and oxygen atoms in total. The van der Waals surface area contributed by atoms with Crippen LogP contribution in [0.15, 0.2) is 138 Å². The van der Waals surface area contributed by atoms with Crippen molar-refractivity contribution < 1.29 is 0 Å². The first-order valence-electron chi connectivity index (χ1n) is 11.5. The molecule has 3 aromatic rings. The highest BCUT2D eigenvalue weighted by Gasteiger charge is 2.08. The fraction of sp³-hybridized carbons (Fsp3) is 0.0968. The van der Waals surface area contributed by atoms with Gasteiger partial charge in [-0.05, 0) is 39.5 Å². The molecule has 0 aromatic heterocycles. The first kappa shape index (κ1) is 22.9. The van der Waals surface area contributed by atoms with Crippen molar-refractivity contribution in [2.45, 2.75) is 12.5 Å². The number of hydrogen-bond donors (Lipinski definition) is 1. The summed E-state index contributed by atoms with van der Waals surface area (Å²) in [7, 11) is 0. The van der Waals surface area contributed by atoms with Crippen LogP contribution in [-0.4, -0.2) is 12.6 Å². The lowest BCUT2D eigenvalue weighted by molar-refractivity contribution is 0.882. The number of benzene rings is 3. The monoisotopic (exact) mass is 443 g/mol. The summed E-state index contributed by atoms with van der Waals surface area (Å²) in [6.45, 7) is 3.94. The largest absolute Gasteiger partial charge is 0.390 e. The lowest BCUT2D eigenvalue weighted by atomic mass is 9.96. The van der Waals surface area contributed by atoms with Gasteiger partial charge in [-0.3, -0.25) is 9.98 Å². The van der Waals surface area contributed by atoms with Gasteiger partial charge in [0, 0.05) is 18.3 Å². The van der Waals surface area contributed by atoms with Crippen molar-refractivity contribution in [3.05, 3.63) is 133 Å². The Morgan fingerprint density at radius 2 is 1.88 bits per heavy atom. The quantitative estimate of drug-likeness (QED) is 0.221. The fourth-order valence-electron chi connectivity index (χ4n) is 4.01. The SMILES string of the molecule is C=CC(/C=C/C(N=CN)c1ccc(-c2cccc3ccccc23)cc1)=C\C=C\C1C=NC=CC1. The number of fused-ring (bicyclic) bond motifs is 1. The molecule has 1 aliphatic heterocycles. The number of hydrogen-bond acceptors (Lipinski definition) is 2. The molecule has 0 bridgehead atoms. The van der Waals surface area contributed by atoms with E-state index in [1.807, 2.05) is 36.7 Å². The Morgan fingerprint density at radius 3 is 2.65 bits per heavy atom. The summed E-state index contributed by atoms with van der Waals surface area (Å²) >= 11 is 0. The molecule has 4 rings (SSSR count). The molecule has 168 valence electrons. The van der Waals surface area contributed by atoms with Gasteiger partial charge in [0.1, 0.15) is 0 Å². The van der Waals surface area contributed by atoms with Crippen LogP contribution in [0.1, 0.15) is 18.0 Å². The minimum absolute atomic E-state index is 0.172. The fourth-order valence-corrected chi connectivity index (χ4v) is 4.01. The molecule has 2 N–H and O–H groups in total. The highest BCUT2D eigenvalue weighted by molar-refractivity contribution is 5.96. The molecule has 0 spiro atoms. The van der Waals surface area contributed by atoms with E-state index in [1.54, 1.807) is 0 Å². The molecule has 0 saturated carbocycles. The lowest BCUT2D eigenvalue weighted by Gasteiger charge is -2.11. The number of nitrogens with two attached hydrogens (primary N) is 1. The summed E-state index contributed by atoms with van der Waals surface area (Å²) in [6, 6.07) is 23.2. The molecule has 1 aliphatic rings. The van der Waals surface area contributed by atoms with E-state index >= 15 is 0 Å². The van der Waals surface area contributed by atoms with Crippen molar-refractivity contribution in [2.24, 2.45) is 21.6 Å². The van der Waals surface area contributed by atoms with Crippen LogP contribution in [0.3, 0.4) is 0 Å². The van der Waals surface area contributed by atoms with Crippen molar-refractivity contribution >= 4 is 23.3 Å². The van der Waals surface area contributed by atoms with E-state index in [4.69, 9.17) is 5.73 Å². The summed E-state index contributed by atoms with van der Waals surface area (Å²) in [5.41, 5.74) is 10.1. The normalized spacial score (nSPS) is 17.3. The van der Waals surface area contributed by atoms with Crippen LogP contribution >= 0.6 is 0 Å². The molecule has 34 heavy (non-hydrogen) atoms. The standard InChI is InChI=1S/C31H29N3/c1-2-24(8-5-9-25-10-7-21-33-22-25)15-20-31(34-23-32)28-18-16-27(17-19-28)30-14-6-12-26-11-3-4-13-29(26)30/h2-9,11-23,25,31H,1,10H2,(H2,32,34)/b9-5+,20-15+,24-8+. The second kappa shape index (κ2) is 11.6. The zero-order chi connectivity index (χ0) is 23.6. The molecule has 3 aromatic carbocycles. The Morgan fingerprint density at radius 1 is 1.06 bits per heavy atom. The molecule has 0 radical (unpaired) electrons. The first-order valence-corrected chi connectivity index (χ1v) is 11.5. The van der Waals surface area contributed by atoms with E-state index in [2.05, 4.69) is 102 Å². The van der Waals surface area contributed by atoms with Gasteiger partial charge in [-0.2, -0.15) is 0 Å². The van der Waals surface area contributed by atoms with Crippen LogP contribution < -0.4 is 5.73 Å². The minimum Gasteiger partial charge on any atom is -0.390 e. The molecule has 1 heterocycles. The Labute approximate surface area is 201 Å². The number of rotatable bonds is 8. The Hall–Kier alpha value is -4.24. The number of nitrogens with zero attached hydrogens (tertiary/aromatic N) is 2. The van der Waals surface area contributed by atoms with Gasteiger partial charge in [0.05, 0.1) is 12.4 Å². The highest BCUT2D eigenvalue weighted by Crippen LogP contribution is 2.30. The van der Waals surface area contributed by atoms with Gasteiger partial charge in [-0.1, -0.05) is 116 Å². The van der Waals surface area contributed by atoms with Crippen LogP contribution in [0.5, 0.6) is 0 Å². The van der Waals surface area contributed by atoms with E-state index in [-0.39, 0.29) is 6.04 Å². The zero-order valence-electron chi connectivity index (χ0n) is 19.2. The highest BCUT2D eigenvalue weighted by atomic mass is 14.8. The van der Waals surface area contributed by atoms with Crippen molar-refractivity contribution in [3.63, 3.8) is 0 Å². The van der Waals surface area contributed by atoms with E-state index in [0.717, 1.165) is 17.6 Å². The maximum absolute atomic E-state index is 5.66. The summed E-state index contributed by atoms with van der Waals surface area (Å²) in [6.07, 6.45) is 20.4. The summed E-state index contributed by atoms with van der Waals surface area (Å²) in [4.78, 5) is 8.66. The van der Waals surface area contributed by atoms with Crippen molar-refractivity contribution in [2.75, 3.05) is 0 Å². The van der Waals surface area contributed by atoms with Crippen LogP contribution in [0.25, 0.3) is 21.9 Å². The van der Waals surface area contributed by atoms with Gasteiger partial charge in [0.25, 0.3) is 0 Å². The Balaban J connectivity index is 1.52. The van der Waals surface area contributed by atoms with E-state index < -0.39 is 0 Å². The van der Waals surface area contributed by atoms with Gasteiger partial charge in [-0.15, -0.1) is 0 Å². The number of allylic oxidation sites excluding steroid dienone is 7. The molecule has 0 aliphatic carbocycles. The molecule has 3 heteroatoms. The second-order valence-electron chi connectivity index (χ2n) is 8.09. The third-order valence-electron chi connectivity index (χ3n) is 5.83. The third kappa shape index (κ3) is 5.76. The maximum Gasteiger partial charge on any atom is 0.0950 e. The molecule has 0 saturated heterocycles. The molecular weight excluding hydrogens is 414 g/mol. The average molecular weight is 444 g/mol. The Bertz CT molecular complexity index is 1300. The van der Waals surface area contributed by atoms with Crippen LogP contribution in [-0.2, 0) is 0 Å². The van der Waals surface area contributed by atoms with E-state index in [9.17, 15) is 0 Å². The third-order valence-corrected chi connectivity index (χ3v) is 5.83. The molecule has 0 amide bonds. The van der Waals surface area contributed by atoms with Gasteiger partial charge in [-0.25, -0.2) is 0 Å². The van der Waals surface area contributed by atoms with Gasteiger partial charge in [0.2, 0.25) is 0 Å². The average Bonchev–Trinajstić information content (AvgIpc) is 2.90. The molecule has 2 unspecified atom stereocenters. The first-order chi connectivity index (χ1) is 16.8. The Kier molecular flexibility index (Phi) is 7.81. The summed E-state index contributed by atoms with van der Waals surface area (Å²) in [5.74, 6) is 0.339. The van der Waals surface area contributed by atoms with Crippen molar-refractivity contribution in [1.29, 1.82) is 0 Å². The molecule has 0 fully saturated rings. The van der Waals surface area contributed by atoms with Gasteiger partial charge in [0.15, 0.2) is 0 Å². The van der Waals surface area contributed by atoms with Crippen molar-refractivity contribution in [1.82, 2.24) is 0 Å².